The molecule has 60 valence electrons. The molecule has 0 aliphatic carbocycles. The first-order valence-electron chi connectivity index (χ1n) is 2.52. The summed E-state index contributed by atoms with van der Waals surface area (Å²) in [7, 11) is 0. The maximum absolute atomic E-state index is 9.83. The molecule has 0 atom stereocenters. The third-order valence-corrected chi connectivity index (χ3v) is 0.801. The molecule has 11 heavy (non-hydrogen) atoms. The summed E-state index contributed by atoms with van der Waals surface area (Å²) in [4.78, 5) is 19.7. The van der Waals surface area contributed by atoms with Crippen molar-refractivity contribution < 1.29 is 10.1 Å². The topological polar surface area (TPSA) is 113 Å². The fourth-order valence-electron chi connectivity index (χ4n) is 0.373. The molecule has 0 aromatic carbocycles. The predicted octanol–water partition coefficient (Wildman–Crippen LogP) is -0.415. The Bertz CT molecular complexity index is 194. The van der Waals surface area contributed by atoms with Crippen molar-refractivity contribution in [2.45, 2.75) is 6.42 Å². The first-order valence-corrected chi connectivity index (χ1v) is 2.52. The van der Waals surface area contributed by atoms with Gasteiger partial charge in [-0.05, 0) is 0 Å². The van der Waals surface area contributed by atoms with Crippen LogP contribution in [0.5, 0.6) is 0 Å². The van der Waals surface area contributed by atoms with Crippen molar-refractivity contribution in [2.24, 2.45) is 0 Å². The van der Waals surface area contributed by atoms with Gasteiger partial charge in [-0.25, -0.2) is 20.2 Å². The lowest BCUT2D eigenvalue weighted by atomic mass is 10.5. The summed E-state index contributed by atoms with van der Waals surface area (Å²) >= 11 is 0. The maximum Gasteiger partial charge on any atom is 0.222 e. The van der Waals surface area contributed by atoms with Crippen molar-refractivity contribution in [1.82, 2.24) is 5.12 Å². The SMILES string of the molecule is N#CCCN([N+](=O)[O-])[N+](=O)[O-]. The molecule has 0 N–H and O–H groups in total. The maximum atomic E-state index is 9.83. The fourth-order valence-corrected chi connectivity index (χ4v) is 0.373. The van der Waals surface area contributed by atoms with E-state index in [-0.39, 0.29) is 11.5 Å². The number of hydrazine groups is 2. The van der Waals surface area contributed by atoms with E-state index in [1.807, 2.05) is 0 Å². The quantitative estimate of drug-likeness (QED) is 0.407. The van der Waals surface area contributed by atoms with Gasteiger partial charge in [0, 0.05) is 0 Å². The van der Waals surface area contributed by atoms with Crippen LogP contribution in [-0.4, -0.2) is 21.7 Å². The van der Waals surface area contributed by atoms with E-state index in [4.69, 9.17) is 5.26 Å². The number of nitriles is 1. The molecule has 0 spiro atoms. The Hall–Kier alpha value is -1.91. The molecule has 0 aromatic rings. The lowest BCUT2D eigenvalue weighted by Crippen LogP contribution is -2.36. The van der Waals surface area contributed by atoms with Crippen LogP contribution in [0.1, 0.15) is 6.42 Å². The van der Waals surface area contributed by atoms with Gasteiger partial charge in [-0.3, -0.25) is 0 Å². The standard InChI is InChI=1S/C3H4N4O4/c4-2-1-3-5(6(8)9)7(10)11/h1,3H2. The smallest absolute Gasteiger partial charge is 0.222 e. The van der Waals surface area contributed by atoms with E-state index in [9.17, 15) is 20.2 Å². The third kappa shape index (κ3) is 2.95. The second-order valence-electron chi connectivity index (χ2n) is 1.48. The first kappa shape index (κ1) is 9.09. The Morgan fingerprint density at radius 2 is 1.82 bits per heavy atom. The van der Waals surface area contributed by atoms with Crippen LogP contribution in [0.25, 0.3) is 0 Å². The lowest BCUT2D eigenvalue weighted by molar-refractivity contribution is -0.907. The van der Waals surface area contributed by atoms with Gasteiger partial charge >= 0.3 is 0 Å². The molecule has 8 nitrogen and oxygen atoms in total. The predicted molar refractivity (Wildman–Crippen MR) is 30.9 cm³/mol. The highest BCUT2D eigenvalue weighted by atomic mass is 16.8. The molecule has 0 rings (SSSR count). The van der Waals surface area contributed by atoms with Gasteiger partial charge in [0.1, 0.15) is 0 Å². The normalized spacial score (nSPS) is 8.27. The summed E-state index contributed by atoms with van der Waals surface area (Å²) in [5, 5.41) is 25.0. The van der Waals surface area contributed by atoms with Crippen molar-refractivity contribution in [2.75, 3.05) is 6.54 Å². The van der Waals surface area contributed by atoms with Crippen LogP contribution in [0.2, 0.25) is 0 Å². The van der Waals surface area contributed by atoms with Gasteiger partial charge < -0.3 is 0 Å². The van der Waals surface area contributed by atoms with E-state index in [0.717, 1.165) is 0 Å². The minimum atomic E-state index is -1.17. The molecule has 0 aliphatic rings. The molecule has 0 fully saturated rings. The molecule has 8 heteroatoms. The molecular formula is C3H4N4O4. The highest BCUT2D eigenvalue weighted by Gasteiger charge is 2.25. The summed E-state index contributed by atoms with van der Waals surface area (Å²) in [6.45, 7) is -0.503. The van der Waals surface area contributed by atoms with Crippen LogP contribution in [0.4, 0.5) is 0 Å². The number of nitrogens with zero attached hydrogens (tertiary/aromatic N) is 4. The minimum absolute atomic E-state index is 0.233. The molecule has 0 aliphatic heterocycles. The second kappa shape index (κ2) is 3.99. The van der Waals surface area contributed by atoms with Gasteiger partial charge in [0.05, 0.1) is 12.5 Å². The highest BCUT2D eigenvalue weighted by molar-refractivity contribution is 4.67. The Morgan fingerprint density at radius 3 is 2.09 bits per heavy atom. The molecule has 0 saturated carbocycles. The van der Waals surface area contributed by atoms with Crippen molar-refractivity contribution >= 4 is 0 Å². The van der Waals surface area contributed by atoms with Crippen LogP contribution in [0.15, 0.2) is 0 Å². The molecule has 0 heterocycles. The average molecular weight is 160 g/mol. The van der Waals surface area contributed by atoms with E-state index in [1.54, 1.807) is 6.07 Å². The zero-order valence-electron chi connectivity index (χ0n) is 5.34. The molecule has 0 amide bonds. The summed E-state index contributed by atoms with van der Waals surface area (Å²) < 4.78 is 0. The van der Waals surface area contributed by atoms with Crippen LogP contribution in [-0.2, 0) is 0 Å². The summed E-state index contributed by atoms with van der Waals surface area (Å²) in [5.41, 5.74) is 0. The summed E-state index contributed by atoms with van der Waals surface area (Å²) in [6.07, 6.45) is -0.248. The number of hydrogen-bond acceptors (Lipinski definition) is 5. The Morgan fingerprint density at radius 1 is 1.36 bits per heavy atom. The third-order valence-electron chi connectivity index (χ3n) is 0.801. The second-order valence-corrected chi connectivity index (χ2v) is 1.48. The van der Waals surface area contributed by atoms with E-state index >= 15 is 0 Å². The van der Waals surface area contributed by atoms with Crippen molar-refractivity contribution in [3.8, 4) is 6.07 Å². The fraction of sp³-hybridized carbons (Fsp3) is 0.667. The van der Waals surface area contributed by atoms with Gasteiger partial charge in [-0.1, -0.05) is 0 Å². The number of hydrogen-bond donors (Lipinski definition) is 0. The van der Waals surface area contributed by atoms with E-state index in [2.05, 4.69) is 0 Å². The van der Waals surface area contributed by atoms with Crippen LogP contribution in [0, 0.1) is 31.6 Å². The highest BCUT2D eigenvalue weighted by Crippen LogP contribution is 1.90. The minimum Gasteiger partial charge on any atom is -0.230 e. The Kier molecular flexibility index (Phi) is 3.30. The lowest BCUT2D eigenvalue weighted by Gasteiger charge is -1.98. The Labute approximate surface area is 60.9 Å². The Balaban J connectivity index is 4.03. The van der Waals surface area contributed by atoms with Crippen LogP contribution >= 0.6 is 0 Å². The van der Waals surface area contributed by atoms with Crippen molar-refractivity contribution in [1.29, 1.82) is 5.26 Å². The van der Waals surface area contributed by atoms with Gasteiger partial charge in [-0.15, -0.1) is 0 Å². The number of rotatable bonds is 4. The molecule has 0 radical (unpaired) electrons. The van der Waals surface area contributed by atoms with Gasteiger partial charge in [0.25, 0.3) is 0 Å². The van der Waals surface area contributed by atoms with E-state index in [1.165, 1.54) is 0 Å². The summed E-state index contributed by atoms with van der Waals surface area (Å²) in [5.74, 6) is 0. The van der Waals surface area contributed by atoms with Crippen LogP contribution in [0.3, 0.4) is 0 Å². The first-order chi connectivity index (χ1) is 5.09. The zero-order chi connectivity index (χ0) is 8.85. The molecule has 0 bridgehead atoms. The average Bonchev–Trinajstić information content (AvgIpc) is 1.87. The van der Waals surface area contributed by atoms with Gasteiger partial charge in [-0.2, -0.15) is 5.26 Å². The molecule has 0 saturated heterocycles. The van der Waals surface area contributed by atoms with E-state index in [0.29, 0.717) is 0 Å². The van der Waals surface area contributed by atoms with Gasteiger partial charge in [0.2, 0.25) is 10.1 Å². The van der Waals surface area contributed by atoms with Crippen molar-refractivity contribution in [3.63, 3.8) is 0 Å². The monoisotopic (exact) mass is 160 g/mol. The van der Waals surface area contributed by atoms with Crippen molar-refractivity contribution in [3.05, 3.63) is 20.2 Å². The van der Waals surface area contributed by atoms with Gasteiger partial charge in [0.15, 0.2) is 11.7 Å². The number of nitro groups is 2. The molecule has 0 unspecified atom stereocenters. The molecule has 0 aromatic heterocycles. The van der Waals surface area contributed by atoms with E-state index < -0.39 is 16.6 Å². The molecular weight excluding hydrogens is 156 g/mol. The largest absolute Gasteiger partial charge is 0.230 e. The van der Waals surface area contributed by atoms with Crippen LogP contribution < -0.4 is 0 Å². The zero-order valence-corrected chi connectivity index (χ0v) is 5.34. The summed E-state index contributed by atoms with van der Waals surface area (Å²) in [6, 6.07) is 1.56.